The fourth-order valence-corrected chi connectivity index (χ4v) is 1.76. The molecule has 0 aliphatic carbocycles. The van der Waals surface area contributed by atoms with Crippen LogP contribution in [-0.2, 0) is 4.74 Å². The van der Waals surface area contributed by atoms with E-state index in [1.807, 2.05) is 0 Å². The minimum Gasteiger partial charge on any atom is -0.491 e. The lowest BCUT2D eigenvalue weighted by molar-refractivity contribution is -0.385. The first-order valence-electron chi connectivity index (χ1n) is 5.84. The predicted molar refractivity (Wildman–Crippen MR) is 65.9 cm³/mol. The maximum Gasteiger partial charge on any atom is 0.290 e. The summed E-state index contributed by atoms with van der Waals surface area (Å²) in [4.78, 5) is 10.2. The minimum atomic E-state index is -0.593. The van der Waals surface area contributed by atoms with E-state index in [2.05, 4.69) is 5.32 Å². The summed E-state index contributed by atoms with van der Waals surface area (Å²) < 4.78 is 10.9. The van der Waals surface area contributed by atoms with Crippen molar-refractivity contribution in [3.63, 3.8) is 0 Å². The number of rotatable bonds is 4. The molecule has 1 fully saturated rings. The Morgan fingerprint density at radius 2 is 2.47 bits per heavy atom. The topological polar surface area (TPSA) is 97.4 Å². The minimum absolute atomic E-state index is 0.0212. The van der Waals surface area contributed by atoms with Gasteiger partial charge in [-0.3, -0.25) is 10.1 Å². The highest BCUT2D eigenvalue weighted by atomic mass is 16.6. The molecule has 1 saturated heterocycles. The second-order valence-electron chi connectivity index (χ2n) is 4.06. The average Bonchev–Trinajstić information content (AvgIpc) is 2.46. The van der Waals surface area contributed by atoms with Gasteiger partial charge in [0.2, 0.25) is 0 Å². The fraction of sp³-hybridized carbons (Fsp3) is 0.417. The molecule has 0 aromatic heterocycles. The summed E-state index contributed by atoms with van der Waals surface area (Å²) >= 11 is 0. The number of nitrogens with one attached hydrogen (secondary N) is 1. The first kappa shape index (κ1) is 13.3. The Morgan fingerprint density at radius 3 is 3.11 bits per heavy atom. The van der Waals surface area contributed by atoms with E-state index < -0.39 is 4.92 Å². The van der Waals surface area contributed by atoms with Crippen molar-refractivity contribution in [3.8, 4) is 11.8 Å². The summed E-state index contributed by atoms with van der Waals surface area (Å²) in [6.07, 6.45) is -0.0663. The van der Waals surface area contributed by atoms with Crippen LogP contribution in [0.3, 0.4) is 0 Å². The molecular weight excluding hydrogens is 250 g/mol. The normalized spacial score (nSPS) is 18.6. The van der Waals surface area contributed by atoms with Crippen molar-refractivity contribution in [1.29, 1.82) is 5.26 Å². The fourth-order valence-electron chi connectivity index (χ4n) is 1.76. The van der Waals surface area contributed by atoms with Crippen LogP contribution in [0.25, 0.3) is 0 Å². The molecule has 1 unspecified atom stereocenters. The number of nitro benzene ring substituents is 1. The SMILES string of the molecule is N#Cc1ccc(OCC2CNCCO2)cc1[N+](=O)[O-]. The summed E-state index contributed by atoms with van der Waals surface area (Å²) in [7, 11) is 0. The number of ether oxygens (including phenoxy) is 2. The van der Waals surface area contributed by atoms with Gasteiger partial charge in [-0.25, -0.2) is 0 Å². The molecular formula is C12H13N3O4. The van der Waals surface area contributed by atoms with Crippen LogP contribution in [0.4, 0.5) is 5.69 Å². The molecule has 100 valence electrons. The number of hydrogen-bond donors (Lipinski definition) is 1. The molecule has 0 spiro atoms. The lowest BCUT2D eigenvalue weighted by Crippen LogP contribution is -2.41. The zero-order chi connectivity index (χ0) is 13.7. The van der Waals surface area contributed by atoms with Crippen LogP contribution in [0.5, 0.6) is 5.75 Å². The van der Waals surface area contributed by atoms with Gasteiger partial charge in [0, 0.05) is 13.1 Å². The third-order valence-electron chi connectivity index (χ3n) is 2.73. The smallest absolute Gasteiger partial charge is 0.290 e. The van der Waals surface area contributed by atoms with Crippen LogP contribution in [-0.4, -0.2) is 37.3 Å². The van der Waals surface area contributed by atoms with Gasteiger partial charge in [-0.2, -0.15) is 5.26 Å². The summed E-state index contributed by atoms with van der Waals surface area (Å²) in [5.41, 5.74) is -0.226. The van der Waals surface area contributed by atoms with E-state index in [-0.39, 0.29) is 17.4 Å². The lowest BCUT2D eigenvalue weighted by atomic mass is 10.2. The Kier molecular flexibility index (Phi) is 4.28. The van der Waals surface area contributed by atoms with E-state index in [0.717, 1.165) is 6.54 Å². The van der Waals surface area contributed by atoms with Gasteiger partial charge in [0.05, 0.1) is 17.6 Å². The summed E-state index contributed by atoms with van der Waals surface area (Å²) in [6.45, 7) is 2.45. The molecule has 0 amide bonds. The van der Waals surface area contributed by atoms with Gasteiger partial charge in [0.1, 0.15) is 30.1 Å². The van der Waals surface area contributed by atoms with Crippen LogP contribution in [0.1, 0.15) is 5.56 Å². The zero-order valence-corrected chi connectivity index (χ0v) is 10.2. The number of nitrogens with zero attached hydrogens (tertiary/aromatic N) is 2. The van der Waals surface area contributed by atoms with Gasteiger partial charge < -0.3 is 14.8 Å². The zero-order valence-electron chi connectivity index (χ0n) is 10.2. The second kappa shape index (κ2) is 6.13. The predicted octanol–water partition coefficient (Wildman–Crippen LogP) is 0.834. The van der Waals surface area contributed by atoms with Crippen molar-refractivity contribution >= 4 is 5.69 Å². The molecule has 7 heteroatoms. The molecule has 0 radical (unpaired) electrons. The highest BCUT2D eigenvalue weighted by Gasteiger charge is 2.17. The van der Waals surface area contributed by atoms with Crippen LogP contribution >= 0.6 is 0 Å². The van der Waals surface area contributed by atoms with Gasteiger partial charge in [-0.1, -0.05) is 0 Å². The molecule has 19 heavy (non-hydrogen) atoms. The van der Waals surface area contributed by atoms with Gasteiger partial charge in [0.15, 0.2) is 0 Å². The molecule has 2 rings (SSSR count). The maximum absolute atomic E-state index is 10.8. The molecule has 0 saturated carbocycles. The molecule has 0 bridgehead atoms. The van der Waals surface area contributed by atoms with Crippen LogP contribution < -0.4 is 10.1 Å². The van der Waals surface area contributed by atoms with Crippen LogP contribution in [0, 0.1) is 21.4 Å². The third kappa shape index (κ3) is 3.40. The molecule has 1 atom stereocenters. The van der Waals surface area contributed by atoms with Crippen LogP contribution in [0.15, 0.2) is 18.2 Å². The largest absolute Gasteiger partial charge is 0.491 e. The summed E-state index contributed by atoms with van der Waals surface area (Å²) in [6, 6.07) is 5.96. The lowest BCUT2D eigenvalue weighted by Gasteiger charge is -2.23. The van der Waals surface area contributed by atoms with E-state index >= 15 is 0 Å². The van der Waals surface area contributed by atoms with Crippen LogP contribution in [0.2, 0.25) is 0 Å². The average molecular weight is 263 g/mol. The first-order chi connectivity index (χ1) is 9.20. The summed E-state index contributed by atoms with van der Waals surface area (Å²) in [5, 5.41) is 22.7. The van der Waals surface area contributed by atoms with E-state index in [9.17, 15) is 10.1 Å². The van der Waals surface area contributed by atoms with Gasteiger partial charge in [-0.05, 0) is 12.1 Å². The molecule has 1 N–H and O–H groups in total. The number of nitriles is 1. The highest BCUT2D eigenvalue weighted by molar-refractivity contribution is 5.52. The Labute approximate surface area is 109 Å². The van der Waals surface area contributed by atoms with Crippen molar-refractivity contribution in [2.24, 2.45) is 0 Å². The summed E-state index contributed by atoms with van der Waals surface area (Å²) in [5.74, 6) is 0.361. The Morgan fingerprint density at radius 1 is 1.63 bits per heavy atom. The number of nitro groups is 1. The van der Waals surface area contributed by atoms with Crippen molar-refractivity contribution in [2.45, 2.75) is 6.10 Å². The molecule has 1 aliphatic heterocycles. The quantitative estimate of drug-likeness (QED) is 0.638. The highest BCUT2D eigenvalue weighted by Crippen LogP contribution is 2.24. The molecule has 1 aliphatic rings. The number of hydrogen-bond acceptors (Lipinski definition) is 6. The van der Waals surface area contributed by atoms with Crippen molar-refractivity contribution in [2.75, 3.05) is 26.3 Å². The molecule has 1 heterocycles. The Balaban J connectivity index is 2.02. The van der Waals surface area contributed by atoms with Crippen molar-refractivity contribution < 1.29 is 14.4 Å². The second-order valence-corrected chi connectivity index (χ2v) is 4.06. The number of morpholine rings is 1. The molecule has 1 aromatic rings. The van der Waals surface area contributed by atoms with E-state index in [1.165, 1.54) is 12.1 Å². The molecule has 1 aromatic carbocycles. The Bertz CT molecular complexity index is 506. The monoisotopic (exact) mass is 263 g/mol. The maximum atomic E-state index is 10.8. The van der Waals surface area contributed by atoms with E-state index in [0.29, 0.717) is 25.5 Å². The number of benzene rings is 1. The van der Waals surface area contributed by atoms with E-state index in [4.69, 9.17) is 14.7 Å². The Hall–Kier alpha value is -2.17. The van der Waals surface area contributed by atoms with Gasteiger partial charge in [-0.15, -0.1) is 0 Å². The van der Waals surface area contributed by atoms with Crippen molar-refractivity contribution in [1.82, 2.24) is 5.32 Å². The van der Waals surface area contributed by atoms with E-state index in [1.54, 1.807) is 12.1 Å². The van der Waals surface area contributed by atoms with Crippen molar-refractivity contribution in [3.05, 3.63) is 33.9 Å². The standard InChI is InChI=1S/C12H13N3O4/c13-6-9-1-2-10(5-12(9)15(16)17)19-8-11-7-14-3-4-18-11/h1-2,5,11,14H,3-4,7-8H2. The third-order valence-corrected chi connectivity index (χ3v) is 2.73. The first-order valence-corrected chi connectivity index (χ1v) is 5.84. The van der Waals surface area contributed by atoms with Gasteiger partial charge >= 0.3 is 0 Å². The van der Waals surface area contributed by atoms with Gasteiger partial charge in [0.25, 0.3) is 5.69 Å². The molecule has 7 nitrogen and oxygen atoms in total.